The molecule has 2 atom stereocenters. The Morgan fingerprint density at radius 2 is 2.10 bits per heavy atom. The van der Waals surface area contributed by atoms with Crippen LogP contribution in [0.1, 0.15) is 25.8 Å². The van der Waals surface area contributed by atoms with Gasteiger partial charge < -0.3 is 9.64 Å². The van der Waals surface area contributed by atoms with Crippen LogP contribution >= 0.6 is 11.8 Å². The van der Waals surface area contributed by atoms with Gasteiger partial charge in [-0.05, 0) is 17.7 Å². The zero-order valence-electron chi connectivity index (χ0n) is 12.2. The number of morpholine rings is 1. The lowest BCUT2D eigenvalue weighted by Gasteiger charge is -2.25. The predicted octanol–water partition coefficient (Wildman–Crippen LogP) is 2.26. The second-order valence-electron chi connectivity index (χ2n) is 5.84. The van der Waals surface area contributed by atoms with Gasteiger partial charge in [-0.15, -0.1) is 11.8 Å². The van der Waals surface area contributed by atoms with Crippen molar-refractivity contribution in [3.63, 3.8) is 0 Å². The third-order valence-corrected chi connectivity index (χ3v) is 4.80. The highest BCUT2D eigenvalue weighted by Gasteiger charge is 2.48. The molecule has 2 aliphatic rings. The van der Waals surface area contributed by atoms with E-state index in [4.69, 9.17) is 4.74 Å². The Balaban J connectivity index is 1.61. The summed E-state index contributed by atoms with van der Waals surface area (Å²) in [5.74, 6) is -0.230. The number of fused-ring (bicyclic) bond motifs is 2. The summed E-state index contributed by atoms with van der Waals surface area (Å²) in [6.45, 7) is 4.86. The molecule has 0 saturated carbocycles. The number of likely N-dealkylation sites (tertiary alicyclic amines) is 1. The number of nitrogens with zero attached hydrogens (tertiary/aromatic N) is 1. The van der Waals surface area contributed by atoms with Gasteiger partial charge in [-0.3, -0.25) is 4.79 Å². The van der Waals surface area contributed by atoms with Crippen molar-refractivity contribution in [2.75, 3.05) is 6.54 Å². The summed E-state index contributed by atoms with van der Waals surface area (Å²) in [6, 6.07) is 7.75. The zero-order chi connectivity index (χ0) is 15.0. The normalized spacial score (nSPS) is 23.8. The van der Waals surface area contributed by atoms with Crippen LogP contribution in [0.3, 0.4) is 0 Å². The van der Waals surface area contributed by atoms with Crippen LogP contribution in [0.15, 0.2) is 29.2 Å². The van der Waals surface area contributed by atoms with Crippen LogP contribution < -0.4 is 0 Å². The smallest absolute Gasteiger partial charge is 0.329 e. The van der Waals surface area contributed by atoms with Crippen LogP contribution in [0.5, 0.6) is 0 Å². The average molecular weight is 305 g/mol. The summed E-state index contributed by atoms with van der Waals surface area (Å²) in [4.78, 5) is 26.7. The first kappa shape index (κ1) is 14.4. The van der Waals surface area contributed by atoms with Gasteiger partial charge in [-0.2, -0.15) is 0 Å². The van der Waals surface area contributed by atoms with Gasteiger partial charge >= 0.3 is 5.97 Å². The molecule has 5 heteroatoms. The molecule has 0 aliphatic carbocycles. The van der Waals surface area contributed by atoms with Crippen molar-refractivity contribution in [2.45, 2.75) is 49.0 Å². The van der Waals surface area contributed by atoms with Crippen molar-refractivity contribution in [1.29, 1.82) is 0 Å². The molecule has 0 spiro atoms. The molecule has 4 nitrogen and oxygen atoms in total. The lowest BCUT2D eigenvalue weighted by atomic mass is 10.1. The van der Waals surface area contributed by atoms with E-state index in [1.54, 1.807) is 16.7 Å². The van der Waals surface area contributed by atoms with Gasteiger partial charge in [-0.1, -0.05) is 26.0 Å². The molecule has 2 fully saturated rings. The molecule has 2 bridgehead atoms. The molecule has 0 aromatic heterocycles. The van der Waals surface area contributed by atoms with E-state index in [0.717, 1.165) is 5.56 Å². The van der Waals surface area contributed by atoms with E-state index in [1.165, 1.54) is 4.90 Å². The van der Waals surface area contributed by atoms with Crippen LogP contribution in [0, 0.1) is 0 Å². The van der Waals surface area contributed by atoms with E-state index in [1.807, 2.05) is 12.1 Å². The maximum Gasteiger partial charge on any atom is 0.329 e. The second kappa shape index (κ2) is 5.72. The number of amides is 1. The zero-order valence-corrected chi connectivity index (χ0v) is 13.1. The first-order valence-corrected chi connectivity index (χ1v) is 8.16. The molecule has 1 aromatic rings. The Bertz CT molecular complexity index is 555. The van der Waals surface area contributed by atoms with E-state index in [0.29, 0.717) is 24.6 Å². The minimum Gasteiger partial charge on any atom is -0.459 e. The Morgan fingerprint density at radius 3 is 2.67 bits per heavy atom. The van der Waals surface area contributed by atoms with E-state index >= 15 is 0 Å². The van der Waals surface area contributed by atoms with Crippen LogP contribution in [-0.4, -0.2) is 40.7 Å². The van der Waals surface area contributed by atoms with Crippen LogP contribution in [0.4, 0.5) is 0 Å². The lowest BCUT2D eigenvalue weighted by Crippen LogP contribution is -2.44. The molecule has 0 radical (unpaired) electrons. The Hall–Kier alpha value is -1.49. The number of thioether (sulfide) groups is 1. The maximum atomic E-state index is 12.3. The van der Waals surface area contributed by atoms with Gasteiger partial charge in [0.15, 0.2) is 0 Å². The monoisotopic (exact) mass is 305 g/mol. The molecule has 1 amide bonds. The quantitative estimate of drug-likeness (QED) is 0.632. The average Bonchev–Trinajstić information content (AvgIpc) is 2.99. The fourth-order valence-corrected chi connectivity index (χ4v) is 3.70. The van der Waals surface area contributed by atoms with Crippen molar-refractivity contribution >= 4 is 23.6 Å². The molecule has 112 valence electrons. The fraction of sp³-hybridized carbons (Fsp3) is 0.500. The number of esters is 1. The second-order valence-corrected chi connectivity index (χ2v) is 7.49. The van der Waals surface area contributed by atoms with E-state index < -0.39 is 0 Å². The first-order valence-electron chi connectivity index (χ1n) is 7.28. The van der Waals surface area contributed by atoms with Crippen molar-refractivity contribution in [3.8, 4) is 0 Å². The number of ether oxygens (including phenoxy) is 1. The van der Waals surface area contributed by atoms with Gasteiger partial charge in [0.1, 0.15) is 12.1 Å². The molecule has 0 N–H and O–H groups in total. The van der Waals surface area contributed by atoms with Crippen molar-refractivity contribution in [2.24, 2.45) is 0 Å². The summed E-state index contributed by atoms with van der Waals surface area (Å²) in [7, 11) is 0. The predicted molar refractivity (Wildman–Crippen MR) is 81.1 cm³/mol. The van der Waals surface area contributed by atoms with Gasteiger partial charge in [-0.25, -0.2) is 4.79 Å². The molecule has 1 aromatic carbocycles. The van der Waals surface area contributed by atoms with Gasteiger partial charge in [0.25, 0.3) is 0 Å². The maximum absolute atomic E-state index is 12.3. The van der Waals surface area contributed by atoms with E-state index in [2.05, 4.69) is 26.0 Å². The minimum absolute atomic E-state index is 0.0170. The summed E-state index contributed by atoms with van der Waals surface area (Å²) in [6.07, 6.45) is 0.925. The molecular weight excluding hydrogens is 286 g/mol. The highest BCUT2D eigenvalue weighted by Crippen LogP contribution is 2.29. The Kier molecular flexibility index (Phi) is 3.93. The number of hydrogen-bond donors (Lipinski definition) is 0. The molecule has 2 saturated heterocycles. The molecule has 2 aliphatic heterocycles. The first-order chi connectivity index (χ1) is 10.0. The highest BCUT2D eigenvalue weighted by molar-refractivity contribution is 7.99. The molecule has 0 unspecified atom stereocenters. The topological polar surface area (TPSA) is 46.6 Å². The lowest BCUT2D eigenvalue weighted by molar-refractivity contribution is -0.156. The summed E-state index contributed by atoms with van der Waals surface area (Å²) < 4.78 is 5.11. The van der Waals surface area contributed by atoms with Gasteiger partial charge in [0.05, 0.1) is 13.0 Å². The third-order valence-electron chi connectivity index (χ3n) is 3.79. The standard InChI is InChI=1S/C16H19NO3S/c1-10(2)21-13-5-3-11(4-6-13)7-15(18)17-9-12-8-14(17)16(19)20-12/h3-6,10,12,14H,7-9H2,1-2H3/t12-,14+/m0/s1. The highest BCUT2D eigenvalue weighted by atomic mass is 32.2. The molecule has 21 heavy (non-hydrogen) atoms. The number of carbonyl (C=O) groups excluding carboxylic acids is 2. The van der Waals surface area contributed by atoms with Crippen molar-refractivity contribution in [3.05, 3.63) is 29.8 Å². The third kappa shape index (κ3) is 3.07. The Morgan fingerprint density at radius 1 is 1.38 bits per heavy atom. The van der Waals surface area contributed by atoms with Crippen LogP contribution in [-0.2, 0) is 20.7 Å². The van der Waals surface area contributed by atoms with Gasteiger partial charge in [0.2, 0.25) is 5.91 Å². The van der Waals surface area contributed by atoms with Crippen molar-refractivity contribution in [1.82, 2.24) is 4.90 Å². The SMILES string of the molecule is CC(C)Sc1ccc(CC(=O)N2C[C@@H]3C[C@@H]2C(=O)O3)cc1. The molecule has 3 rings (SSSR count). The van der Waals surface area contributed by atoms with E-state index in [9.17, 15) is 9.59 Å². The fourth-order valence-electron chi connectivity index (χ4n) is 2.86. The van der Waals surface area contributed by atoms with Gasteiger partial charge in [0, 0.05) is 16.6 Å². The number of hydrogen-bond acceptors (Lipinski definition) is 4. The number of benzene rings is 1. The summed E-state index contributed by atoms with van der Waals surface area (Å²) >= 11 is 1.80. The summed E-state index contributed by atoms with van der Waals surface area (Å²) in [5.41, 5.74) is 0.990. The largest absolute Gasteiger partial charge is 0.459 e. The molecule has 2 heterocycles. The minimum atomic E-state index is -0.349. The molecular formula is C16H19NO3S. The Labute approximate surface area is 128 Å². The number of carbonyl (C=O) groups is 2. The summed E-state index contributed by atoms with van der Waals surface area (Å²) in [5, 5.41) is 0.545. The van der Waals surface area contributed by atoms with Crippen LogP contribution in [0.25, 0.3) is 0 Å². The van der Waals surface area contributed by atoms with Crippen LogP contribution in [0.2, 0.25) is 0 Å². The number of rotatable bonds is 4. The van der Waals surface area contributed by atoms with E-state index in [-0.39, 0.29) is 24.0 Å². The van der Waals surface area contributed by atoms with Crippen molar-refractivity contribution < 1.29 is 14.3 Å².